The third-order valence-corrected chi connectivity index (χ3v) is 6.61. The molecule has 0 saturated heterocycles. The van der Waals surface area contributed by atoms with E-state index in [1.54, 1.807) is 24.3 Å². The van der Waals surface area contributed by atoms with Gasteiger partial charge in [-0.05, 0) is 29.7 Å². The Morgan fingerprint density at radius 1 is 1.06 bits per heavy atom. The van der Waals surface area contributed by atoms with E-state index in [9.17, 15) is 18.0 Å². The highest BCUT2D eigenvalue weighted by atomic mass is 35.5. The zero-order valence-electron chi connectivity index (χ0n) is 18.8. The van der Waals surface area contributed by atoms with E-state index in [1.165, 1.54) is 11.9 Å². The molecule has 1 atom stereocenters. The predicted molar refractivity (Wildman–Crippen MR) is 128 cm³/mol. The molecule has 180 valence electrons. The first-order chi connectivity index (χ1) is 15.6. The average molecular weight is 496 g/mol. The highest BCUT2D eigenvalue weighted by Gasteiger charge is 2.31. The summed E-state index contributed by atoms with van der Waals surface area (Å²) in [5.74, 6) is -0.882. The van der Waals surface area contributed by atoms with Crippen LogP contribution < -0.4 is 5.32 Å². The van der Waals surface area contributed by atoms with Crippen molar-refractivity contribution in [3.05, 3.63) is 70.7 Å². The van der Waals surface area contributed by atoms with Gasteiger partial charge in [0.05, 0.1) is 12.8 Å². The number of hydrogen-bond donors (Lipinski definition) is 2. The van der Waals surface area contributed by atoms with E-state index in [-0.39, 0.29) is 32.0 Å². The van der Waals surface area contributed by atoms with Gasteiger partial charge in [-0.2, -0.15) is 4.31 Å². The Bertz CT molecular complexity index is 1020. The zero-order chi connectivity index (χ0) is 24.4. The van der Waals surface area contributed by atoms with Crippen molar-refractivity contribution < 1.29 is 23.1 Å². The first kappa shape index (κ1) is 26.8. The Balaban J connectivity index is 2.40. The number of nitrogens with zero attached hydrogens (tertiary/aromatic N) is 2. The van der Waals surface area contributed by atoms with E-state index < -0.39 is 28.5 Å². The van der Waals surface area contributed by atoms with Gasteiger partial charge in [-0.3, -0.25) is 9.59 Å². The number of rotatable bonds is 12. The molecule has 8 nitrogen and oxygen atoms in total. The van der Waals surface area contributed by atoms with E-state index in [1.807, 2.05) is 30.3 Å². The smallest absolute Gasteiger partial charge is 0.243 e. The van der Waals surface area contributed by atoms with E-state index in [2.05, 4.69) is 5.32 Å². The van der Waals surface area contributed by atoms with E-state index in [4.69, 9.17) is 16.7 Å². The number of amides is 2. The van der Waals surface area contributed by atoms with Crippen molar-refractivity contribution in [2.45, 2.75) is 25.4 Å². The lowest BCUT2D eigenvalue weighted by molar-refractivity contribution is -0.141. The van der Waals surface area contributed by atoms with E-state index in [0.29, 0.717) is 11.4 Å². The first-order valence-electron chi connectivity index (χ1n) is 10.5. The molecule has 33 heavy (non-hydrogen) atoms. The number of carbonyl (C=O) groups is 2. The quantitative estimate of drug-likeness (QED) is 0.435. The molecular formula is C23H30ClN3O5S. The summed E-state index contributed by atoms with van der Waals surface area (Å²) in [6, 6.07) is 15.3. The van der Waals surface area contributed by atoms with Crippen LogP contribution in [0.4, 0.5) is 0 Å². The number of halogens is 1. The van der Waals surface area contributed by atoms with Crippen molar-refractivity contribution in [3.63, 3.8) is 0 Å². The molecule has 0 aliphatic rings. The van der Waals surface area contributed by atoms with Crippen molar-refractivity contribution in [2.75, 3.05) is 33.0 Å². The molecule has 0 aromatic heterocycles. The van der Waals surface area contributed by atoms with Crippen LogP contribution in [0.15, 0.2) is 54.6 Å². The average Bonchev–Trinajstić information content (AvgIpc) is 2.77. The molecule has 0 aliphatic carbocycles. The van der Waals surface area contributed by atoms with Crippen molar-refractivity contribution in [3.8, 4) is 0 Å². The lowest BCUT2D eigenvalue weighted by Crippen LogP contribution is -2.53. The first-order valence-corrected chi connectivity index (χ1v) is 12.7. The van der Waals surface area contributed by atoms with Crippen molar-refractivity contribution in [1.82, 2.24) is 14.5 Å². The molecule has 0 spiro atoms. The van der Waals surface area contributed by atoms with Crippen LogP contribution in [0.5, 0.6) is 0 Å². The van der Waals surface area contributed by atoms with Gasteiger partial charge in [0.25, 0.3) is 0 Å². The van der Waals surface area contributed by atoms with Crippen molar-refractivity contribution >= 4 is 33.4 Å². The molecule has 0 unspecified atom stereocenters. The summed E-state index contributed by atoms with van der Waals surface area (Å²) in [5, 5.41) is 12.4. The summed E-state index contributed by atoms with van der Waals surface area (Å²) in [6.07, 6.45) is 1.65. The summed E-state index contributed by atoms with van der Waals surface area (Å²) in [6.45, 7) is -0.122. The Morgan fingerprint density at radius 3 is 2.27 bits per heavy atom. The van der Waals surface area contributed by atoms with Gasteiger partial charge in [-0.15, -0.1) is 0 Å². The molecule has 10 heteroatoms. The molecule has 0 fully saturated rings. The SMILES string of the molecule is CN(CC(=O)N(Cc1ccc(Cl)cc1)[C@@H](Cc1ccccc1)C(=O)NCCCO)S(C)(=O)=O. The zero-order valence-corrected chi connectivity index (χ0v) is 20.3. The maximum atomic E-state index is 13.3. The normalized spacial score (nSPS) is 12.4. The van der Waals surface area contributed by atoms with Crippen LogP contribution in [0.25, 0.3) is 0 Å². The molecule has 0 saturated carbocycles. The summed E-state index contributed by atoms with van der Waals surface area (Å²) in [7, 11) is -2.27. The van der Waals surface area contributed by atoms with Crippen LogP contribution in [-0.2, 0) is 32.6 Å². The van der Waals surface area contributed by atoms with Gasteiger partial charge in [0.15, 0.2) is 0 Å². The fraction of sp³-hybridized carbons (Fsp3) is 0.391. The Kier molecular flexibility index (Phi) is 10.3. The largest absolute Gasteiger partial charge is 0.396 e. The second kappa shape index (κ2) is 12.7. The van der Waals surface area contributed by atoms with E-state index >= 15 is 0 Å². The minimum absolute atomic E-state index is 0.0732. The van der Waals surface area contributed by atoms with Crippen LogP contribution in [0.1, 0.15) is 17.5 Å². The molecule has 2 amide bonds. The summed E-state index contributed by atoms with van der Waals surface area (Å²) in [5.41, 5.74) is 1.60. The number of sulfonamides is 1. The van der Waals surface area contributed by atoms with Crippen molar-refractivity contribution in [2.24, 2.45) is 0 Å². The number of carbonyl (C=O) groups excluding carboxylic acids is 2. The summed E-state index contributed by atoms with van der Waals surface area (Å²) >= 11 is 5.98. The van der Waals surface area contributed by atoms with Gasteiger partial charge in [-0.1, -0.05) is 54.1 Å². The molecule has 2 aromatic carbocycles. The topological polar surface area (TPSA) is 107 Å². The third kappa shape index (κ3) is 8.77. The molecule has 0 radical (unpaired) electrons. The monoisotopic (exact) mass is 495 g/mol. The van der Waals surface area contributed by atoms with Gasteiger partial charge >= 0.3 is 0 Å². The molecular weight excluding hydrogens is 466 g/mol. The highest BCUT2D eigenvalue weighted by molar-refractivity contribution is 7.88. The van der Waals surface area contributed by atoms with Crippen molar-refractivity contribution in [1.29, 1.82) is 0 Å². The second-order valence-corrected chi connectivity index (χ2v) is 10.3. The number of likely N-dealkylation sites (N-methyl/N-ethyl adjacent to an activating group) is 1. The van der Waals surface area contributed by atoms with Crippen LogP contribution in [0.3, 0.4) is 0 Å². The van der Waals surface area contributed by atoms with Gasteiger partial charge < -0.3 is 15.3 Å². The third-order valence-electron chi connectivity index (χ3n) is 5.10. The number of aliphatic hydroxyl groups excluding tert-OH is 1. The Morgan fingerprint density at radius 2 is 1.70 bits per heavy atom. The van der Waals surface area contributed by atoms with Gasteiger partial charge in [0.1, 0.15) is 6.04 Å². The number of aliphatic hydroxyl groups is 1. The maximum Gasteiger partial charge on any atom is 0.243 e. The standard InChI is InChI=1S/C23H30ClN3O5S/c1-26(33(2,31)32)17-22(29)27(16-19-9-11-20(24)12-10-19)21(23(30)25-13-6-14-28)15-18-7-4-3-5-8-18/h3-5,7-12,21,28H,6,13-17H2,1-2H3,(H,25,30)/t21-/m0/s1. The van der Waals surface area contributed by atoms with Crippen LogP contribution in [0, 0.1) is 0 Å². The van der Waals surface area contributed by atoms with Crippen LogP contribution in [0.2, 0.25) is 5.02 Å². The maximum absolute atomic E-state index is 13.3. The Hall–Kier alpha value is -2.46. The van der Waals surface area contributed by atoms with Gasteiger partial charge in [-0.25, -0.2) is 8.42 Å². The minimum atomic E-state index is -3.59. The molecule has 0 bridgehead atoms. The highest BCUT2D eigenvalue weighted by Crippen LogP contribution is 2.17. The van der Waals surface area contributed by atoms with Gasteiger partial charge in [0, 0.05) is 38.2 Å². The van der Waals surface area contributed by atoms with E-state index in [0.717, 1.165) is 21.7 Å². The number of hydrogen-bond acceptors (Lipinski definition) is 5. The summed E-state index contributed by atoms with van der Waals surface area (Å²) < 4.78 is 24.7. The predicted octanol–water partition coefficient (Wildman–Crippen LogP) is 1.67. The Labute approximate surface area is 200 Å². The molecule has 2 aromatic rings. The molecule has 2 N–H and O–H groups in total. The lowest BCUT2D eigenvalue weighted by atomic mass is 10.0. The summed E-state index contributed by atoms with van der Waals surface area (Å²) in [4.78, 5) is 27.9. The molecule has 0 aliphatic heterocycles. The molecule has 2 rings (SSSR count). The second-order valence-electron chi connectivity index (χ2n) is 7.74. The number of nitrogens with one attached hydrogen (secondary N) is 1. The molecule has 0 heterocycles. The number of benzene rings is 2. The van der Waals surface area contributed by atoms with Crippen LogP contribution in [-0.4, -0.2) is 73.6 Å². The fourth-order valence-corrected chi connectivity index (χ4v) is 3.62. The fourth-order valence-electron chi connectivity index (χ4n) is 3.15. The van der Waals surface area contributed by atoms with Crippen LogP contribution >= 0.6 is 11.6 Å². The van der Waals surface area contributed by atoms with Gasteiger partial charge in [0.2, 0.25) is 21.8 Å². The minimum Gasteiger partial charge on any atom is -0.396 e. The lowest BCUT2D eigenvalue weighted by Gasteiger charge is -2.32.